The smallest absolute Gasteiger partial charge is 0.369 e. The summed E-state index contributed by atoms with van der Waals surface area (Å²) < 4.78 is 39.0. The Morgan fingerprint density at radius 1 is 1.00 bits per heavy atom. The van der Waals surface area contributed by atoms with Gasteiger partial charge in [0.15, 0.2) is 0 Å². The minimum Gasteiger partial charge on any atom is -0.369 e. The number of halogens is 3. The molecule has 226 valence electrons. The van der Waals surface area contributed by atoms with E-state index < -0.39 is 35.5 Å². The number of hydrogen-bond acceptors (Lipinski definition) is 3. The first-order chi connectivity index (χ1) is 20.1. The van der Waals surface area contributed by atoms with Crippen molar-refractivity contribution in [1.82, 2.24) is 10.2 Å². The van der Waals surface area contributed by atoms with E-state index in [0.29, 0.717) is 43.8 Å². The van der Waals surface area contributed by atoms with Crippen LogP contribution in [0.3, 0.4) is 0 Å². The lowest BCUT2D eigenvalue weighted by Crippen LogP contribution is -2.50. The van der Waals surface area contributed by atoms with Crippen molar-refractivity contribution in [3.05, 3.63) is 72.3 Å². The zero-order valence-corrected chi connectivity index (χ0v) is 23.9. The van der Waals surface area contributed by atoms with Crippen LogP contribution >= 0.6 is 0 Å². The molecule has 1 heterocycles. The molecule has 2 aromatic rings. The number of carbonyl (C=O) groups is 3. The first kappa shape index (κ1) is 31.3. The normalized spacial score (nSPS) is 19.6. The highest BCUT2D eigenvalue weighted by Gasteiger charge is 2.37. The summed E-state index contributed by atoms with van der Waals surface area (Å²) in [6, 6.07) is 11.7. The molecule has 2 aromatic carbocycles. The number of nitrogens with two attached hydrogens (primary N) is 1. The molecule has 1 aliphatic heterocycles. The highest BCUT2D eigenvalue weighted by atomic mass is 19.4. The van der Waals surface area contributed by atoms with Gasteiger partial charge in [-0.15, -0.1) is 6.58 Å². The average molecular weight is 584 g/mol. The maximum atomic E-state index is 13.7. The SMILES string of the molecule is C=CCC(C(N)=O)C(CC1CCCC1)C(=O)N[C@H]1CCCCN(Cc2cccc(-c3ccc(C(F)(F)F)cc3)c2)C1=O. The molecule has 4 rings (SSSR count). The molecule has 3 N–H and O–H groups in total. The molecule has 0 spiro atoms. The number of alkyl halides is 3. The first-order valence-corrected chi connectivity index (χ1v) is 14.8. The van der Waals surface area contributed by atoms with Crippen LogP contribution in [0.1, 0.15) is 68.9 Å². The molecule has 0 bridgehead atoms. The van der Waals surface area contributed by atoms with Crippen LogP contribution in [0.5, 0.6) is 0 Å². The van der Waals surface area contributed by atoms with E-state index in [1.165, 1.54) is 12.1 Å². The van der Waals surface area contributed by atoms with Gasteiger partial charge in [-0.3, -0.25) is 14.4 Å². The molecular formula is C33H40F3N3O3. The molecule has 0 aromatic heterocycles. The number of benzene rings is 2. The lowest BCUT2D eigenvalue weighted by molar-refractivity contribution is -0.139. The maximum absolute atomic E-state index is 13.7. The van der Waals surface area contributed by atoms with Crippen LogP contribution < -0.4 is 11.1 Å². The van der Waals surface area contributed by atoms with E-state index in [1.54, 1.807) is 11.0 Å². The van der Waals surface area contributed by atoms with Crippen molar-refractivity contribution in [1.29, 1.82) is 0 Å². The van der Waals surface area contributed by atoms with Gasteiger partial charge in [0.25, 0.3) is 0 Å². The Labute approximate surface area is 245 Å². The van der Waals surface area contributed by atoms with E-state index in [4.69, 9.17) is 5.73 Å². The Kier molecular flexibility index (Phi) is 10.5. The first-order valence-electron chi connectivity index (χ1n) is 14.8. The van der Waals surface area contributed by atoms with Gasteiger partial charge in [-0.1, -0.05) is 62.1 Å². The fraction of sp³-hybridized carbons (Fsp3) is 0.485. The second kappa shape index (κ2) is 14.0. The predicted octanol–water partition coefficient (Wildman–Crippen LogP) is 6.24. The number of allylic oxidation sites excluding steroid dienone is 1. The summed E-state index contributed by atoms with van der Waals surface area (Å²) in [6.45, 7) is 4.58. The molecule has 2 aliphatic rings. The van der Waals surface area contributed by atoms with Crippen molar-refractivity contribution in [2.75, 3.05) is 6.54 Å². The third kappa shape index (κ3) is 8.01. The van der Waals surface area contributed by atoms with Crippen molar-refractivity contribution in [3.8, 4) is 11.1 Å². The third-order valence-electron chi connectivity index (χ3n) is 8.61. The number of nitrogens with zero attached hydrogens (tertiary/aromatic N) is 1. The lowest BCUT2D eigenvalue weighted by atomic mass is 9.80. The standard InChI is InChI=1S/C33H40F3N3O3/c1-2-8-27(30(37)40)28(20-22-9-3-4-10-22)31(41)38-29-13-5-6-18-39(32(29)42)21-23-11-7-12-25(19-23)24-14-16-26(17-15-24)33(34,35)36/h2,7,11-12,14-17,19,22,27-29H,1,3-6,8-10,13,18,20-21H2,(H2,37,40)(H,38,41)/t27?,28?,29-/m0/s1. The minimum atomic E-state index is -4.40. The Morgan fingerprint density at radius 3 is 2.33 bits per heavy atom. The van der Waals surface area contributed by atoms with Crippen molar-refractivity contribution in [2.45, 2.75) is 76.6 Å². The Balaban J connectivity index is 1.47. The van der Waals surface area contributed by atoms with Crippen LogP contribution in [0.4, 0.5) is 13.2 Å². The third-order valence-corrected chi connectivity index (χ3v) is 8.61. The van der Waals surface area contributed by atoms with Crippen molar-refractivity contribution < 1.29 is 27.6 Å². The Bertz CT molecular complexity index is 1260. The second-order valence-electron chi connectivity index (χ2n) is 11.6. The Morgan fingerprint density at radius 2 is 1.69 bits per heavy atom. The molecule has 3 atom stereocenters. The van der Waals surface area contributed by atoms with Crippen LogP contribution in [0.15, 0.2) is 61.2 Å². The van der Waals surface area contributed by atoms with Gasteiger partial charge in [-0.05, 0) is 72.9 Å². The van der Waals surface area contributed by atoms with E-state index in [2.05, 4.69) is 11.9 Å². The molecule has 42 heavy (non-hydrogen) atoms. The van der Waals surface area contributed by atoms with Gasteiger partial charge in [0.05, 0.1) is 17.4 Å². The average Bonchev–Trinajstić information content (AvgIpc) is 3.42. The second-order valence-corrected chi connectivity index (χ2v) is 11.6. The number of hydrogen-bond donors (Lipinski definition) is 2. The molecule has 9 heteroatoms. The molecule has 1 aliphatic carbocycles. The quantitative estimate of drug-likeness (QED) is 0.307. The van der Waals surface area contributed by atoms with Crippen molar-refractivity contribution >= 4 is 17.7 Å². The molecule has 2 fully saturated rings. The highest BCUT2D eigenvalue weighted by Crippen LogP contribution is 2.35. The summed E-state index contributed by atoms with van der Waals surface area (Å²) in [4.78, 5) is 41.4. The molecule has 1 saturated carbocycles. The number of likely N-dealkylation sites (tertiary alicyclic amines) is 1. The monoisotopic (exact) mass is 583 g/mol. The van der Waals surface area contributed by atoms with E-state index >= 15 is 0 Å². The summed E-state index contributed by atoms with van der Waals surface area (Å²) in [5, 5.41) is 2.98. The maximum Gasteiger partial charge on any atom is 0.416 e. The van der Waals surface area contributed by atoms with Gasteiger partial charge >= 0.3 is 6.18 Å². The van der Waals surface area contributed by atoms with Gasteiger partial charge in [0.1, 0.15) is 6.04 Å². The Hall–Kier alpha value is -3.62. The predicted molar refractivity (Wildman–Crippen MR) is 156 cm³/mol. The number of primary amides is 1. The summed E-state index contributed by atoms with van der Waals surface area (Å²) in [6.07, 6.45) is 4.39. The molecule has 3 amide bonds. The van der Waals surface area contributed by atoms with Crippen LogP contribution in [0, 0.1) is 17.8 Å². The summed E-state index contributed by atoms with van der Waals surface area (Å²) >= 11 is 0. The van der Waals surface area contributed by atoms with Crippen LogP contribution in [-0.2, 0) is 27.1 Å². The fourth-order valence-corrected chi connectivity index (χ4v) is 6.31. The van der Waals surface area contributed by atoms with Crippen LogP contribution in [0.2, 0.25) is 0 Å². The van der Waals surface area contributed by atoms with Gasteiger partial charge in [0.2, 0.25) is 17.7 Å². The van der Waals surface area contributed by atoms with Crippen molar-refractivity contribution in [3.63, 3.8) is 0 Å². The summed E-state index contributed by atoms with van der Waals surface area (Å²) in [5.74, 6) is -1.96. The molecule has 0 radical (unpaired) electrons. The number of carbonyl (C=O) groups excluding carboxylic acids is 3. The van der Waals surface area contributed by atoms with Gasteiger partial charge in [0, 0.05) is 13.1 Å². The van der Waals surface area contributed by atoms with Gasteiger partial charge in [-0.2, -0.15) is 13.2 Å². The van der Waals surface area contributed by atoms with E-state index in [-0.39, 0.29) is 11.8 Å². The highest BCUT2D eigenvalue weighted by molar-refractivity contribution is 5.91. The van der Waals surface area contributed by atoms with E-state index in [9.17, 15) is 27.6 Å². The van der Waals surface area contributed by atoms with Gasteiger partial charge in [-0.25, -0.2) is 0 Å². The lowest BCUT2D eigenvalue weighted by Gasteiger charge is -2.29. The summed E-state index contributed by atoms with van der Waals surface area (Å²) in [5.41, 5.74) is 7.25. The summed E-state index contributed by atoms with van der Waals surface area (Å²) in [7, 11) is 0. The van der Waals surface area contributed by atoms with Crippen LogP contribution in [-0.4, -0.2) is 35.2 Å². The van der Waals surface area contributed by atoms with Crippen molar-refractivity contribution in [2.24, 2.45) is 23.5 Å². The fourth-order valence-electron chi connectivity index (χ4n) is 6.31. The zero-order chi connectivity index (χ0) is 30.3. The van der Waals surface area contributed by atoms with E-state index in [1.807, 2.05) is 24.3 Å². The molecule has 1 saturated heterocycles. The molecular weight excluding hydrogens is 543 g/mol. The minimum absolute atomic E-state index is 0.181. The van der Waals surface area contributed by atoms with Crippen LogP contribution in [0.25, 0.3) is 11.1 Å². The number of rotatable bonds is 11. The largest absolute Gasteiger partial charge is 0.416 e. The topological polar surface area (TPSA) is 92.5 Å². The zero-order valence-electron chi connectivity index (χ0n) is 23.9. The molecule has 2 unspecified atom stereocenters. The number of amides is 3. The van der Waals surface area contributed by atoms with E-state index in [0.717, 1.165) is 61.8 Å². The molecule has 6 nitrogen and oxygen atoms in total. The van der Waals surface area contributed by atoms with Gasteiger partial charge < -0.3 is 16.0 Å². The number of nitrogens with one attached hydrogen (secondary N) is 1.